The molecule has 0 heterocycles. The predicted molar refractivity (Wildman–Crippen MR) is 74.8 cm³/mol. The third-order valence-corrected chi connectivity index (χ3v) is 4.43. The molecule has 0 aromatic carbocycles. The van der Waals surface area contributed by atoms with Crippen LogP contribution < -0.4 is 0 Å². The van der Waals surface area contributed by atoms with Crippen LogP contribution >= 0.6 is 0 Å². The molecule has 0 aromatic rings. The van der Waals surface area contributed by atoms with E-state index >= 15 is 0 Å². The van der Waals surface area contributed by atoms with Crippen LogP contribution in [0.15, 0.2) is 0 Å². The average Bonchev–Trinajstić information content (AvgIpc) is 2.26. The highest BCUT2D eigenvalue weighted by molar-refractivity contribution is 4.73. The fourth-order valence-electron chi connectivity index (χ4n) is 2.39. The van der Waals surface area contributed by atoms with E-state index in [2.05, 4.69) is 53.5 Å². The minimum Gasteiger partial charge on any atom is -0.301 e. The monoisotopic (exact) mass is 227 g/mol. The molecule has 0 aliphatic carbocycles. The number of hydrogen-bond donors (Lipinski definition) is 0. The van der Waals surface area contributed by atoms with E-state index in [0.717, 1.165) is 17.9 Å². The highest BCUT2D eigenvalue weighted by Crippen LogP contribution is 2.22. The van der Waals surface area contributed by atoms with Gasteiger partial charge < -0.3 is 4.90 Å². The Morgan fingerprint density at radius 2 is 1.44 bits per heavy atom. The summed E-state index contributed by atoms with van der Waals surface area (Å²) in [5, 5.41) is 0. The second-order valence-electron chi connectivity index (χ2n) is 5.75. The van der Waals surface area contributed by atoms with Crippen LogP contribution in [-0.2, 0) is 0 Å². The van der Waals surface area contributed by atoms with Crippen LogP contribution in [0.4, 0.5) is 0 Å². The Hall–Kier alpha value is -0.0400. The molecular formula is C15H33N. The van der Waals surface area contributed by atoms with Gasteiger partial charge in [-0.2, -0.15) is 0 Å². The van der Waals surface area contributed by atoms with Gasteiger partial charge in [0.15, 0.2) is 0 Å². The molecule has 0 saturated heterocycles. The summed E-state index contributed by atoms with van der Waals surface area (Å²) in [6.07, 6.45) is 5.25. The normalized spacial score (nSPS) is 19.5. The molecule has 1 nitrogen and oxygen atoms in total. The van der Waals surface area contributed by atoms with Crippen molar-refractivity contribution >= 4 is 0 Å². The predicted octanol–water partition coefficient (Wildman–Crippen LogP) is 4.57. The van der Waals surface area contributed by atoms with Crippen LogP contribution in [0.3, 0.4) is 0 Å². The van der Waals surface area contributed by atoms with Crippen molar-refractivity contribution in [1.82, 2.24) is 4.90 Å². The number of rotatable bonds is 8. The van der Waals surface area contributed by atoms with Crippen molar-refractivity contribution in [3.05, 3.63) is 0 Å². The standard InChI is InChI=1S/C15H33N/c1-8-10-14(5)16(7)15(6)11-13(4)12(3)9-2/h12-15H,8-11H2,1-7H3/t12-,13?,14?,15?/m0/s1. The molecule has 0 aliphatic rings. The smallest absolute Gasteiger partial charge is 0.00693 e. The summed E-state index contributed by atoms with van der Waals surface area (Å²) in [5.41, 5.74) is 0. The van der Waals surface area contributed by atoms with Crippen LogP contribution in [0.2, 0.25) is 0 Å². The lowest BCUT2D eigenvalue weighted by Crippen LogP contribution is -2.38. The molecule has 0 amide bonds. The Balaban J connectivity index is 4.08. The zero-order valence-electron chi connectivity index (χ0n) is 12.6. The van der Waals surface area contributed by atoms with Gasteiger partial charge in [0.25, 0.3) is 0 Å². The Kier molecular flexibility index (Phi) is 8.09. The molecule has 0 radical (unpaired) electrons. The topological polar surface area (TPSA) is 3.24 Å². The highest BCUT2D eigenvalue weighted by atomic mass is 15.1. The quantitative estimate of drug-likeness (QED) is 0.587. The van der Waals surface area contributed by atoms with Crippen LogP contribution in [0.25, 0.3) is 0 Å². The van der Waals surface area contributed by atoms with E-state index in [1.54, 1.807) is 0 Å². The lowest BCUT2D eigenvalue weighted by molar-refractivity contribution is 0.152. The Morgan fingerprint density at radius 3 is 1.88 bits per heavy atom. The molecule has 3 unspecified atom stereocenters. The van der Waals surface area contributed by atoms with Gasteiger partial charge in [-0.1, -0.05) is 40.5 Å². The van der Waals surface area contributed by atoms with Gasteiger partial charge in [-0.15, -0.1) is 0 Å². The maximum atomic E-state index is 2.56. The SMILES string of the molecule is CCCC(C)N(C)C(C)CC(C)[C@@H](C)CC. The summed E-state index contributed by atoms with van der Waals surface area (Å²) < 4.78 is 0. The van der Waals surface area contributed by atoms with E-state index in [4.69, 9.17) is 0 Å². The number of nitrogens with zero attached hydrogens (tertiary/aromatic N) is 1. The second kappa shape index (κ2) is 8.11. The minimum atomic E-state index is 0.713. The first kappa shape index (κ1) is 16.0. The van der Waals surface area contributed by atoms with E-state index < -0.39 is 0 Å². The van der Waals surface area contributed by atoms with Crippen molar-refractivity contribution in [2.45, 2.75) is 79.3 Å². The molecule has 0 rings (SSSR count). The van der Waals surface area contributed by atoms with Gasteiger partial charge >= 0.3 is 0 Å². The van der Waals surface area contributed by atoms with Gasteiger partial charge in [0.1, 0.15) is 0 Å². The second-order valence-corrected chi connectivity index (χ2v) is 5.75. The zero-order chi connectivity index (χ0) is 12.7. The fourth-order valence-corrected chi connectivity index (χ4v) is 2.39. The van der Waals surface area contributed by atoms with Crippen molar-refractivity contribution in [2.75, 3.05) is 7.05 Å². The summed E-state index contributed by atoms with van der Waals surface area (Å²) >= 11 is 0. The molecule has 0 N–H and O–H groups in total. The van der Waals surface area contributed by atoms with E-state index in [-0.39, 0.29) is 0 Å². The Labute approximate surface area is 104 Å². The average molecular weight is 227 g/mol. The lowest BCUT2D eigenvalue weighted by Gasteiger charge is -2.33. The van der Waals surface area contributed by atoms with Crippen molar-refractivity contribution in [3.8, 4) is 0 Å². The van der Waals surface area contributed by atoms with E-state index in [1.165, 1.54) is 25.7 Å². The van der Waals surface area contributed by atoms with Gasteiger partial charge in [-0.25, -0.2) is 0 Å². The molecule has 0 saturated carbocycles. The fraction of sp³-hybridized carbons (Fsp3) is 1.00. The first-order valence-corrected chi connectivity index (χ1v) is 7.15. The molecule has 0 fully saturated rings. The molecule has 0 aliphatic heterocycles. The molecule has 16 heavy (non-hydrogen) atoms. The lowest BCUT2D eigenvalue weighted by atomic mass is 9.88. The van der Waals surface area contributed by atoms with Gasteiger partial charge in [0, 0.05) is 12.1 Å². The largest absolute Gasteiger partial charge is 0.301 e. The molecule has 0 aromatic heterocycles. The Bertz CT molecular complexity index is 167. The summed E-state index contributed by atoms with van der Waals surface area (Å²) in [4.78, 5) is 2.56. The van der Waals surface area contributed by atoms with Gasteiger partial charge in [0.05, 0.1) is 0 Å². The van der Waals surface area contributed by atoms with Crippen LogP contribution in [-0.4, -0.2) is 24.0 Å². The molecular weight excluding hydrogens is 194 g/mol. The zero-order valence-corrected chi connectivity index (χ0v) is 12.6. The summed E-state index contributed by atoms with van der Waals surface area (Å²) in [7, 11) is 2.29. The van der Waals surface area contributed by atoms with Gasteiger partial charge in [-0.3, -0.25) is 0 Å². The molecule has 1 heteroatoms. The van der Waals surface area contributed by atoms with Gasteiger partial charge in [0.2, 0.25) is 0 Å². The molecule has 0 bridgehead atoms. The molecule has 4 atom stereocenters. The molecule has 98 valence electrons. The maximum absolute atomic E-state index is 2.56. The van der Waals surface area contributed by atoms with Crippen molar-refractivity contribution < 1.29 is 0 Å². The van der Waals surface area contributed by atoms with E-state index in [9.17, 15) is 0 Å². The minimum absolute atomic E-state index is 0.713. The van der Waals surface area contributed by atoms with Crippen LogP contribution in [0, 0.1) is 11.8 Å². The molecule has 0 spiro atoms. The summed E-state index contributed by atoms with van der Waals surface area (Å²) in [5.74, 6) is 1.70. The van der Waals surface area contributed by atoms with Gasteiger partial charge in [-0.05, 0) is 45.6 Å². The van der Waals surface area contributed by atoms with Crippen molar-refractivity contribution in [3.63, 3.8) is 0 Å². The third-order valence-electron chi connectivity index (χ3n) is 4.43. The van der Waals surface area contributed by atoms with Crippen LogP contribution in [0.5, 0.6) is 0 Å². The number of hydrogen-bond acceptors (Lipinski definition) is 1. The Morgan fingerprint density at radius 1 is 0.875 bits per heavy atom. The van der Waals surface area contributed by atoms with E-state index in [1.807, 2.05) is 0 Å². The van der Waals surface area contributed by atoms with Crippen molar-refractivity contribution in [1.29, 1.82) is 0 Å². The first-order chi connectivity index (χ1) is 7.43. The van der Waals surface area contributed by atoms with E-state index in [0.29, 0.717) is 6.04 Å². The highest BCUT2D eigenvalue weighted by Gasteiger charge is 2.19. The summed E-state index contributed by atoms with van der Waals surface area (Å²) in [6.45, 7) is 14.1. The first-order valence-electron chi connectivity index (χ1n) is 7.15. The summed E-state index contributed by atoms with van der Waals surface area (Å²) in [6, 6.07) is 1.44. The maximum Gasteiger partial charge on any atom is 0.00693 e. The van der Waals surface area contributed by atoms with Crippen molar-refractivity contribution in [2.24, 2.45) is 11.8 Å². The third kappa shape index (κ3) is 5.34. The van der Waals surface area contributed by atoms with Crippen LogP contribution in [0.1, 0.15) is 67.2 Å².